The Hall–Kier alpha value is -1.28. The van der Waals surface area contributed by atoms with Gasteiger partial charge in [-0.25, -0.2) is 0 Å². The van der Waals surface area contributed by atoms with Gasteiger partial charge in [0.25, 0.3) is 5.60 Å². The van der Waals surface area contributed by atoms with Crippen LogP contribution in [-0.2, 0) is 15.1 Å². The predicted octanol–water partition coefficient (Wildman–Crippen LogP) is 5.92. The first kappa shape index (κ1) is 21.8. The van der Waals surface area contributed by atoms with Gasteiger partial charge in [0.2, 0.25) is 0 Å². The van der Waals surface area contributed by atoms with Gasteiger partial charge < -0.3 is 9.47 Å². The van der Waals surface area contributed by atoms with Gasteiger partial charge >= 0.3 is 12.4 Å². The van der Waals surface area contributed by atoms with Gasteiger partial charge in [-0.05, 0) is 31.7 Å². The fourth-order valence-corrected chi connectivity index (χ4v) is 2.49. The Labute approximate surface area is 143 Å². The molecule has 2 unspecified atom stereocenters. The summed E-state index contributed by atoms with van der Waals surface area (Å²) in [6.07, 6.45) is -12.4. The lowest BCUT2D eigenvalue weighted by atomic mass is 9.89. The van der Waals surface area contributed by atoms with E-state index in [2.05, 4.69) is 4.74 Å². The van der Waals surface area contributed by atoms with E-state index in [1.165, 1.54) is 19.1 Å². The zero-order valence-electron chi connectivity index (χ0n) is 14.5. The van der Waals surface area contributed by atoms with Crippen molar-refractivity contribution in [3.8, 4) is 0 Å². The summed E-state index contributed by atoms with van der Waals surface area (Å²) in [5.74, 6) is 0.0171. The van der Waals surface area contributed by atoms with Gasteiger partial charge in [0, 0.05) is 12.2 Å². The molecule has 144 valence electrons. The molecule has 2 nitrogen and oxygen atoms in total. The molecule has 0 radical (unpaired) electrons. The lowest BCUT2D eigenvalue weighted by Gasteiger charge is -2.39. The van der Waals surface area contributed by atoms with Crippen molar-refractivity contribution in [3.05, 3.63) is 35.4 Å². The van der Waals surface area contributed by atoms with Crippen molar-refractivity contribution in [2.45, 2.75) is 64.3 Å². The van der Waals surface area contributed by atoms with Crippen molar-refractivity contribution in [1.29, 1.82) is 0 Å². The smallest absolute Gasteiger partial charge is 0.353 e. The fraction of sp³-hybridized carbons (Fsp3) is 0.647. The molecule has 0 spiro atoms. The van der Waals surface area contributed by atoms with Crippen molar-refractivity contribution in [1.82, 2.24) is 0 Å². The Morgan fingerprint density at radius 2 is 1.36 bits per heavy atom. The number of halogens is 6. The maximum atomic E-state index is 13.6. The zero-order valence-corrected chi connectivity index (χ0v) is 14.5. The summed E-state index contributed by atoms with van der Waals surface area (Å²) < 4.78 is 90.7. The molecule has 0 aliphatic carbocycles. The SMILES string of the molecule is CCOC(C)OC(c1ccc(C(C)CC)cc1)(C(F)(F)F)C(F)(F)F. The van der Waals surface area contributed by atoms with Crippen molar-refractivity contribution >= 4 is 0 Å². The normalized spacial score (nSPS) is 15.9. The Morgan fingerprint density at radius 1 is 0.880 bits per heavy atom. The van der Waals surface area contributed by atoms with E-state index in [-0.39, 0.29) is 12.5 Å². The summed E-state index contributed by atoms with van der Waals surface area (Å²) in [7, 11) is 0. The van der Waals surface area contributed by atoms with Gasteiger partial charge in [0.05, 0.1) is 0 Å². The second-order valence-corrected chi connectivity index (χ2v) is 5.75. The van der Waals surface area contributed by atoms with Gasteiger partial charge in [-0.2, -0.15) is 26.3 Å². The molecule has 0 fully saturated rings. The molecule has 0 N–H and O–H groups in total. The molecule has 0 aliphatic rings. The Balaban J connectivity index is 3.49. The molecular formula is C17H22F6O2. The first-order valence-electron chi connectivity index (χ1n) is 7.94. The average Bonchev–Trinajstić information content (AvgIpc) is 2.50. The van der Waals surface area contributed by atoms with Crippen LogP contribution in [0, 0.1) is 0 Å². The van der Waals surface area contributed by atoms with Crippen molar-refractivity contribution < 1.29 is 35.8 Å². The van der Waals surface area contributed by atoms with Gasteiger partial charge in [0.1, 0.15) is 0 Å². The van der Waals surface area contributed by atoms with E-state index in [0.29, 0.717) is 12.0 Å². The summed E-state index contributed by atoms with van der Waals surface area (Å²) in [5.41, 5.74) is -4.82. The van der Waals surface area contributed by atoms with E-state index in [4.69, 9.17) is 4.74 Å². The summed E-state index contributed by atoms with van der Waals surface area (Å²) in [6, 6.07) is 4.18. The van der Waals surface area contributed by atoms with Crippen LogP contribution in [0.4, 0.5) is 26.3 Å². The number of alkyl halides is 6. The average molecular weight is 372 g/mol. The first-order chi connectivity index (χ1) is 11.4. The third kappa shape index (κ3) is 4.47. The van der Waals surface area contributed by atoms with E-state index in [1.54, 1.807) is 0 Å². The van der Waals surface area contributed by atoms with E-state index >= 15 is 0 Å². The van der Waals surface area contributed by atoms with Crippen LogP contribution in [0.5, 0.6) is 0 Å². The predicted molar refractivity (Wildman–Crippen MR) is 81.1 cm³/mol. The highest BCUT2D eigenvalue weighted by Crippen LogP contribution is 2.53. The van der Waals surface area contributed by atoms with Crippen molar-refractivity contribution in [2.24, 2.45) is 0 Å². The highest BCUT2D eigenvalue weighted by Gasteiger charge is 2.74. The fourth-order valence-electron chi connectivity index (χ4n) is 2.49. The number of ether oxygens (including phenoxy) is 2. The largest absolute Gasteiger partial charge is 0.430 e. The topological polar surface area (TPSA) is 18.5 Å². The molecule has 1 aromatic rings. The standard InChI is InChI=1S/C17H22F6O2/c1-5-11(3)13-7-9-14(10-8-13)15(16(18,19)20,17(21,22)23)25-12(4)24-6-2/h7-12H,5-6H2,1-4H3. The van der Waals surface area contributed by atoms with Gasteiger partial charge in [-0.15, -0.1) is 0 Å². The second-order valence-electron chi connectivity index (χ2n) is 5.75. The summed E-state index contributed by atoms with van der Waals surface area (Å²) in [5, 5.41) is 0. The molecule has 0 aliphatic heterocycles. The highest BCUT2D eigenvalue weighted by atomic mass is 19.4. The van der Waals surface area contributed by atoms with Crippen LogP contribution in [0.3, 0.4) is 0 Å². The minimum atomic E-state index is -5.71. The molecule has 2 atom stereocenters. The Kier molecular flexibility index (Phi) is 6.92. The van der Waals surface area contributed by atoms with Crippen LogP contribution >= 0.6 is 0 Å². The minimum Gasteiger partial charge on any atom is -0.353 e. The molecule has 1 aromatic carbocycles. The molecule has 0 bridgehead atoms. The molecule has 0 saturated carbocycles. The molecule has 0 heterocycles. The van der Waals surface area contributed by atoms with Crippen LogP contribution in [0.25, 0.3) is 0 Å². The van der Waals surface area contributed by atoms with Gasteiger partial charge in [-0.3, -0.25) is 0 Å². The minimum absolute atomic E-state index is 0.0171. The molecule has 0 aromatic heterocycles. The number of benzene rings is 1. The summed E-state index contributed by atoms with van der Waals surface area (Å²) in [6.45, 7) is 6.08. The number of hydrogen-bond donors (Lipinski definition) is 0. The van der Waals surface area contributed by atoms with Crippen LogP contribution in [0.1, 0.15) is 51.2 Å². The number of hydrogen-bond acceptors (Lipinski definition) is 2. The molecule has 0 amide bonds. The summed E-state index contributed by atoms with van der Waals surface area (Å²) >= 11 is 0. The molecule has 25 heavy (non-hydrogen) atoms. The van der Waals surface area contributed by atoms with E-state index < -0.39 is 29.8 Å². The lowest BCUT2D eigenvalue weighted by molar-refractivity contribution is -0.415. The second kappa shape index (κ2) is 7.95. The van der Waals surface area contributed by atoms with E-state index in [0.717, 1.165) is 19.1 Å². The monoisotopic (exact) mass is 372 g/mol. The zero-order chi connectivity index (χ0) is 19.5. The van der Waals surface area contributed by atoms with Gasteiger partial charge in [-0.1, -0.05) is 38.1 Å². The number of rotatable bonds is 7. The lowest BCUT2D eigenvalue weighted by Crippen LogP contribution is -2.57. The van der Waals surface area contributed by atoms with E-state index in [9.17, 15) is 26.3 Å². The van der Waals surface area contributed by atoms with E-state index in [1.807, 2.05) is 13.8 Å². The first-order valence-corrected chi connectivity index (χ1v) is 7.94. The third-order valence-electron chi connectivity index (χ3n) is 4.04. The van der Waals surface area contributed by atoms with Crippen LogP contribution in [0.2, 0.25) is 0 Å². The van der Waals surface area contributed by atoms with Crippen LogP contribution < -0.4 is 0 Å². The van der Waals surface area contributed by atoms with Crippen LogP contribution in [-0.4, -0.2) is 25.2 Å². The van der Waals surface area contributed by atoms with Crippen molar-refractivity contribution in [2.75, 3.05) is 6.61 Å². The highest BCUT2D eigenvalue weighted by molar-refractivity contribution is 5.32. The van der Waals surface area contributed by atoms with Crippen molar-refractivity contribution in [3.63, 3.8) is 0 Å². The maximum absolute atomic E-state index is 13.6. The molecular weight excluding hydrogens is 350 g/mol. The van der Waals surface area contributed by atoms with Crippen LogP contribution in [0.15, 0.2) is 24.3 Å². The summed E-state index contributed by atoms with van der Waals surface area (Å²) in [4.78, 5) is 0. The molecule has 1 rings (SSSR count). The molecule has 8 heteroatoms. The third-order valence-corrected chi connectivity index (χ3v) is 4.04. The quantitative estimate of drug-likeness (QED) is 0.437. The Morgan fingerprint density at radius 3 is 1.72 bits per heavy atom. The Bertz CT molecular complexity index is 522. The molecule has 0 saturated heterocycles. The maximum Gasteiger partial charge on any atom is 0.430 e. The van der Waals surface area contributed by atoms with Gasteiger partial charge in [0.15, 0.2) is 6.29 Å².